The van der Waals surface area contributed by atoms with Crippen LogP contribution in [0.3, 0.4) is 0 Å². The van der Waals surface area contributed by atoms with Gasteiger partial charge < -0.3 is 24.0 Å². The molecule has 0 bridgehead atoms. The van der Waals surface area contributed by atoms with E-state index < -0.39 is 5.82 Å². The van der Waals surface area contributed by atoms with Gasteiger partial charge in [0.2, 0.25) is 12.3 Å². The molecule has 0 radical (unpaired) electrons. The Labute approximate surface area is 386 Å². The van der Waals surface area contributed by atoms with Crippen molar-refractivity contribution in [2.24, 2.45) is 12.5 Å². The zero-order chi connectivity index (χ0) is 46.3. The van der Waals surface area contributed by atoms with E-state index in [-0.39, 0.29) is 57.8 Å². The molecule has 348 valence electrons. The Morgan fingerprint density at radius 1 is 1.03 bits per heavy atom. The van der Waals surface area contributed by atoms with Crippen molar-refractivity contribution in [3.8, 4) is 17.6 Å². The summed E-state index contributed by atoms with van der Waals surface area (Å²) in [5, 5.41) is 17.8. The van der Waals surface area contributed by atoms with Gasteiger partial charge in [0, 0.05) is 76.3 Å². The number of anilines is 3. The van der Waals surface area contributed by atoms with E-state index in [2.05, 4.69) is 36.0 Å². The van der Waals surface area contributed by atoms with Gasteiger partial charge in [0.15, 0.2) is 17.4 Å². The van der Waals surface area contributed by atoms with Crippen LogP contribution in [0.25, 0.3) is 21.8 Å². The van der Waals surface area contributed by atoms with Gasteiger partial charge >= 0.3 is 0 Å². The van der Waals surface area contributed by atoms with Crippen LogP contribution in [0.5, 0.6) is 11.5 Å². The van der Waals surface area contributed by atoms with Crippen LogP contribution in [-0.4, -0.2) is 112 Å². The Kier molecular flexibility index (Phi) is 12.7. The molecule has 5 heterocycles. The summed E-state index contributed by atoms with van der Waals surface area (Å²) in [6, 6.07) is 13.4. The molecule has 9 rings (SSSR count). The van der Waals surface area contributed by atoms with Crippen molar-refractivity contribution in [1.29, 1.82) is 5.26 Å². The number of nitrogens with zero attached hydrogens (tertiary/aromatic N) is 9. The molecule has 1 aliphatic carbocycles. The molecule has 1 unspecified atom stereocenters. The van der Waals surface area contributed by atoms with Crippen LogP contribution in [0.2, 0.25) is 0 Å². The second-order valence-corrected chi connectivity index (χ2v) is 19.4. The summed E-state index contributed by atoms with van der Waals surface area (Å²) in [6.45, 7) is 7.05. The Hall–Kier alpha value is -5.81. The molecular weight excluding hydrogens is 869 g/mol. The number of carbonyl (C=O) groups is 2. The van der Waals surface area contributed by atoms with E-state index >= 15 is 8.78 Å². The fourth-order valence-electron chi connectivity index (χ4n) is 10.4. The monoisotopic (exact) mass is 923 g/mol. The van der Waals surface area contributed by atoms with Crippen LogP contribution in [0.4, 0.5) is 26.0 Å². The number of rotatable bonds is 14. The summed E-state index contributed by atoms with van der Waals surface area (Å²) in [5.74, 6) is -0.799. The topological polar surface area (TPSA) is 166 Å². The first-order valence-electron chi connectivity index (χ1n) is 22.6. The number of carbonyl (C=O) groups excluding carboxylic acids is 2. The number of aryl methyl sites for hydroxylation is 1. The predicted octanol–water partition coefficient (Wildman–Crippen LogP) is 6.50. The second kappa shape index (κ2) is 18.5. The number of imide groups is 1. The average molecular weight is 924 g/mol. The number of nitriles is 1. The minimum Gasteiger partial charge on any atom is -0.453 e. The molecule has 2 aromatic heterocycles. The third kappa shape index (κ3) is 8.78. The number of amides is 2. The molecule has 4 fully saturated rings. The highest BCUT2D eigenvalue weighted by molar-refractivity contribution is 7.98. The number of hydrogen-bond acceptors (Lipinski definition) is 14. The highest BCUT2D eigenvalue weighted by atomic mass is 32.2. The molecular formula is C47H55F2N11O5S. The maximum absolute atomic E-state index is 15.8. The fraction of sp³-hybridized carbons (Fsp3) is 0.489. The Morgan fingerprint density at radius 3 is 2.53 bits per heavy atom. The van der Waals surface area contributed by atoms with Gasteiger partial charge in [0.25, 0.3) is 5.56 Å². The number of likely N-dealkylation sites (tertiary alicyclic amines) is 1. The third-order valence-corrected chi connectivity index (χ3v) is 15.3. The first-order valence-corrected chi connectivity index (χ1v) is 23.4. The molecule has 4 aliphatic rings. The van der Waals surface area contributed by atoms with Gasteiger partial charge in [-0.15, -0.1) is 0 Å². The molecule has 16 nitrogen and oxygen atoms in total. The summed E-state index contributed by atoms with van der Waals surface area (Å²) < 4.78 is 52.0. The van der Waals surface area contributed by atoms with Gasteiger partial charge in [-0.2, -0.15) is 10.4 Å². The number of nitrogens with one attached hydrogen (secondary N) is 2. The Bertz CT molecular complexity index is 2750. The minimum atomic E-state index is -0.684. The number of benzene rings is 3. The average Bonchev–Trinajstić information content (AvgIpc) is 3.87. The smallest absolute Gasteiger partial charge is 0.261 e. The molecule has 19 heteroatoms. The van der Waals surface area contributed by atoms with E-state index in [0.29, 0.717) is 72.2 Å². The standard InChI is InChI=1S/C47H55F2N11O5S/c1-5-56(3)66-54-39-9-7-36(48)43(35(39)26-50)65-32-6-8-38-33(20-32)45(63)60(28-51-38)30-23-46(24-30)11-16-58(17-12-46)31-25-47(64-27-31)13-18-59(19-14-47)41-22-40-34(21-37(41)49)44(53-57(40)4)55(2)15-10-42(62)52-29-61/h6-9,20-22,28-31,54H,5,10-19,23-25,27H2,1-4H3,(H,52,61,62). The van der Waals surface area contributed by atoms with Crippen LogP contribution >= 0.6 is 12.1 Å². The first kappa shape index (κ1) is 45.4. The summed E-state index contributed by atoms with van der Waals surface area (Å²) in [7, 11) is 5.51. The highest BCUT2D eigenvalue weighted by Gasteiger charge is 2.50. The number of halogens is 2. The van der Waals surface area contributed by atoms with E-state index in [0.717, 1.165) is 70.1 Å². The van der Waals surface area contributed by atoms with Crippen LogP contribution < -0.4 is 30.1 Å². The van der Waals surface area contributed by atoms with Crippen molar-refractivity contribution >= 4 is 63.4 Å². The third-order valence-electron chi connectivity index (χ3n) is 14.4. The fourth-order valence-corrected chi connectivity index (χ4v) is 10.9. The lowest BCUT2D eigenvalue weighted by Gasteiger charge is -2.53. The Morgan fingerprint density at radius 2 is 1.80 bits per heavy atom. The Balaban J connectivity index is 0.785. The number of hydrogen-bond donors (Lipinski definition) is 2. The van der Waals surface area contributed by atoms with E-state index in [1.54, 1.807) is 45.7 Å². The normalized spacial score (nSPS) is 19.4. The molecule has 2 spiro atoms. The predicted molar refractivity (Wildman–Crippen MR) is 250 cm³/mol. The van der Waals surface area contributed by atoms with Crippen LogP contribution in [0.1, 0.15) is 69.9 Å². The molecule has 66 heavy (non-hydrogen) atoms. The van der Waals surface area contributed by atoms with Gasteiger partial charge in [-0.3, -0.25) is 33.8 Å². The van der Waals surface area contributed by atoms with Crippen LogP contribution in [-0.2, 0) is 21.4 Å². The molecule has 2 amide bonds. The zero-order valence-electron chi connectivity index (χ0n) is 37.7. The van der Waals surface area contributed by atoms with Gasteiger partial charge in [-0.25, -0.2) is 18.1 Å². The quantitative estimate of drug-likeness (QED) is 0.0916. The van der Waals surface area contributed by atoms with E-state index in [4.69, 9.17) is 9.47 Å². The van der Waals surface area contributed by atoms with Crippen LogP contribution in [0, 0.1) is 28.4 Å². The van der Waals surface area contributed by atoms with E-state index in [9.17, 15) is 19.6 Å². The lowest BCUT2D eigenvalue weighted by molar-refractivity contribution is -0.125. The van der Waals surface area contributed by atoms with Gasteiger partial charge in [-0.05, 0) is 113 Å². The number of fused-ring (bicyclic) bond motifs is 2. The molecule has 5 aromatic rings. The van der Waals surface area contributed by atoms with Gasteiger partial charge in [-0.1, -0.05) is 6.92 Å². The van der Waals surface area contributed by atoms with Crippen LogP contribution in [0.15, 0.2) is 53.6 Å². The van der Waals surface area contributed by atoms with Crippen molar-refractivity contribution in [3.63, 3.8) is 0 Å². The maximum atomic E-state index is 15.8. The maximum Gasteiger partial charge on any atom is 0.261 e. The minimum absolute atomic E-state index is 0.0253. The molecule has 2 N–H and O–H groups in total. The van der Waals surface area contributed by atoms with Crippen molar-refractivity contribution in [2.45, 2.75) is 76.0 Å². The van der Waals surface area contributed by atoms with Gasteiger partial charge in [0.1, 0.15) is 23.2 Å². The molecule has 3 aromatic carbocycles. The summed E-state index contributed by atoms with van der Waals surface area (Å²) >= 11 is 1.29. The van der Waals surface area contributed by atoms with Crippen molar-refractivity contribution < 1.29 is 27.8 Å². The lowest BCUT2D eigenvalue weighted by atomic mass is 9.60. The summed E-state index contributed by atoms with van der Waals surface area (Å²) in [6.07, 6.45) is 8.56. The number of aromatic nitrogens is 4. The summed E-state index contributed by atoms with van der Waals surface area (Å²) in [4.78, 5) is 47.5. The number of piperidine rings is 2. The zero-order valence-corrected chi connectivity index (χ0v) is 38.5. The first-order chi connectivity index (χ1) is 31.8. The SMILES string of the molecule is CCN(C)SNc1ccc(F)c(Oc2ccc3ncn(C4CC5(CCN(C6COC7(CCN(c8cc9c(cc8F)c(N(C)CCC(=O)NC=O)nn9C)CC7)C6)CC5)C4)c(=O)c3c2)c1C#N. The number of ether oxygens (including phenoxy) is 2. The molecule has 1 saturated carbocycles. The van der Waals surface area contributed by atoms with Crippen molar-refractivity contribution in [1.82, 2.24) is 33.9 Å². The highest BCUT2D eigenvalue weighted by Crippen LogP contribution is 2.55. The largest absolute Gasteiger partial charge is 0.453 e. The van der Waals surface area contributed by atoms with E-state index in [1.807, 2.05) is 31.4 Å². The molecule has 1 atom stereocenters. The van der Waals surface area contributed by atoms with E-state index in [1.165, 1.54) is 30.3 Å². The summed E-state index contributed by atoms with van der Waals surface area (Å²) in [5.41, 5.74) is 2.06. The molecule has 3 saturated heterocycles. The van der Waals surface area contributed by atoms with Crippen molar-refractivity contribution in [3.05, 3.63) is 76.3 Å². The molecule has 3 aliphatic heterocycles. The second-order valence-electron chi connectivity index (χ2n) is 18.3. The van der Waals surface area contributed by atoms with Crippen molar-refractivity contribution in [2.75, 3.05) is 74.5 Å². The lowest BCUT2D eigenvalue weighted by Crippen LogP contribution is -2.51. The van der Waals surface area contributed by atoms with Gasteiger partial charge in [0.05, 0.1) is 46.3 Å².